The summed E-state index contributed by atoms with van der Waals surface area (Å²) in [5, 5.41) is 0. The van der Waals surface area contributed by atoms with Crippen molar-refractivity contribution in [3.05, 3.63) is 29.8 Å². The van der Waals surface area contributed by atoms with Gasteiger partial charge < -0.3 is 15.4 Å². The van der Waals surface area contributed by atoms with E-state index in [1.54, 1.807) is 0 Å². The molecular formula is C16H26N2O. The van der Waals surface area contributed by atoms with Crippen LogP contribution in [0.15, 0.2) is 24.3 Å². The largest absolute Gasteiger partial charge is 0.493 e. The van der Waals surface area contributed by atoms with Crippen LogP contribution in [0.3, 0.4) is 0 Å². The van der Waals surface area contributed by atoms with Gasteiger partial charge in [0.1, 0.15) is 5.75 Å². The summed E-state index contributed by atoms with van der Waals surface area (Å²) in [7, 11) is 2.23. The Morgan fingerprint density at radius 3 is 2.95 bits per heavy atom. The summed E-state index contributed by atoms with van der Waals surface area (Å²) in [6, 6.07) is 8.93. The molecule has 0 aliphatic carbocycles. The molecule has 2 rings (SSSR count). The summed E-state index contributed by atoms with van der Waals surface area (Å²) in [5.41, 5.74) is 6.86. The quantitative estimate of drug-likeness (QED) is 0.856. The van der Waals surface area contributed by atoms with Crippen LogP contribution >= 0.6 is 0 Å². The normalized spacial score (nSPS) is 20.4. The minimum Gasteiger partial charge on any atom is -0.493 e. The average Bonchev–Trinajstić information content (AvgIpc) is 2.43. The number of piperidine rings is 1. The van der Waals surface area contributed by atoms with E-state index in [9.17, 15) is 0 Å². The number of nitrogens with zero attached hydrogens (tertiary/aromatic N) is 1. The zero-order chi connectivity index (χ0) is 13.5. The maximum absolute atomic E-state index is 5.96. The van der Waals surface area contributed by atoms with Gasteiger partial charge in [-0.15, -0.1) is 0 Å². The smallest absolute Gasteiger partial charge is 0.122 e. The lowest BCUT2D eigenvalue weighted by atomic mass is 10.0. The summed E-state index contributed by atoms with van der Waals surface area (Å²) in [4.78, 5) is 2.47. The third-order valence-electron chi connectivity index (χ3n) is 4.02. The van der Waals surface area contributed by atoms with E-state index in [2.05, 4.69) is 24.1 Å². The first-order chi connectivity index (χ1) is 9.31. The van der Waals surface area contributed by atoms with Crippen LogP contribution < -0.4 is 10.5 Å². The fourth-order valence-electron chi connectivity index (χ4n) is 2.82. The van der Waals surface area contributed by atoms with Crippen LogP contribution in [0, 0.1) is 0 Å². The van der Waals surface area contributed by atoms with Crippen molar-refractivity contribution in [3.63, 3.8) is 0 Å². The predicted molar refractivity (Wildman–Crippen MR) is 79.6 cm³/mol. The molecule has 0 bridgehead atoms. The van der Waals surface area contributed by atoms with Crippen LogP contribution in [0.2, 0.25) is 0 Å². The van der Waals surface area contributed by atoms with E-state index in [1.807, 2.05) is 12.1 Å². The molecular weight excluding hydrogens is 236 g/mol. The van der Waals surface area contributed by atoms with Gasteiger partial charge in [-0.1, -0.05) is 24.6 Å². The van der Waals surface area contributed by atoms with Crippen molar-refractivity contribution >= 4 is 0 Å². The van der Waals surface area contributed by atoms with Gasteiger partial charge in [0.2, 0.25) is 0 Å². The molecule has 0 saturated carbocycles. The molecule has 1 unspecified atom stereocenters. The number of ether oxygens (including phenoxy) is 1. The molecule has 106 valence electrons. The Hall–Kier alpha value is -1.06. The molecule has 2 N–H and O–H groups in total. The van der Waals surface area contributed by atoms with E-state index in [0.717, 1.165) is 25.2 Å². The van der Waals surface area contributed by atoms with E-state index in [-0.39, 0.29) is 0 Å². The molecule has 1 heterocycles. The average molecular weight is 262 g/mol. The van der Waals surface area contributed by atoms with Gasteiger partial charge in [-0.25, -0.2) is 0 Å². The molecule has 1 aliphatic heterocycles. The monoisotopic (exact) mass is 262 g/mol. The molecule has 3 heteroatoms. The Morgan fingerprint density at radius 2 is 2.16 bits per heavy atom. The highest BCUT2D eigenvalue weighted by molar-refractivity contribution is 5.33. The SMILES string of the molecule is CN1CCCCC1CCOc1ccccc1CCN. The lowest BCUT2D eigenvalue weighted by molar-refractivity contribution is 0.153. The van der Waals surface area contributed by atoms with Gasteiger partial charge in [-0.05, 0) is 57.5 Å². The zero-order valence-electron chi connectivity index (χ0n) is 12.0. The molecule has 1 saturated heterocycles. The first-order valence-electron chi connectivity index (χ1n) is 7.42. The van der Waals surface area contributed by atoms with E-state index in [4.69, 9.17) is 10.5 Å². The van der Waals surface area contributed by atoms with Gasteiger partial charge in [-0.2, -0.15) is 0 Å². The summed E-state index contributed by atoms with van der Waals surface area (Å²) >= 11 is 0. The Labute approximate surface area is 116 Å². The highest BCUT2D eigenvalue weighted by atomic mass is 16.5. The number of benzene rings is 1. The van der Waals surface area contributed by atoms with Crippen molar-refractivity contribution in [1.29, 1.82) is 0 Å². The van der Waals surface area contributed by atoms with Crippen molar-refractivity contribution in [2.75, 3.05) is 26.7 Å². The molecule has 1 fully saturated rings. The first kappa shape index (κ1) is 14.4. The molecule has 1 aromatic rings. The summed E-state index contributed by atoms with van der Waals surface area (Å²) in [6.07, 6.45) is 6.02. The highest BCUT2D eigenvalue weighted by Gasteiger charge is 2.18. The van der Waals surface area contributed by atoms with Gasteiger partial charge in [0.15, 0.2) is 0 Å². The van der Waals surface area contributed by atoms with Gasteiger partial charge in [0.05, 0.1) is 6.61 Å². The summed E-state index contributed by atoms with van der Waals surface area (Å²) in [5.74, 6) is 1.01. The lowest BCUT2D eigenvalue weighted by Gasteiger charge is -2.32. The van der Waals surface area contributed by atoms with Crippen LogP contribution in [-0.2, 0) is 6.42 Å². The fraction of sp³-hybridized carbons (Fsp3) is 0.625. The number of nitrogens with two attached hydrogens (primary N) is 1. The van der Waals surface area contributed by atoms with Gasteiger partial charge in [0.25, 0.3) is 0 Å². The van der Waals surface area contributed by atoms with Gasteiger partial charge in [0, 0.05) is 6.04 Å². The van der Waals surface area contributed by atoms with E-state index in [1.165, 1.54) is 31.4 Å². The van der Waals surface area contributed by atoms with Crippen LogP contribution in [0.1, 0.15) is 31.2 Å². The van der Waals surface area contributed by atoms with Gasteiger partial charge >= 0.3 is 0 Å². The highest BCUT2D eigenvalue weighted by Crippen LogP contribution is 2.21. The Kier molecular flexibility index (Phi) is 5.67. The molecule has 3 nitrogen and oxygen atoms in total. The summed E-state index contributed by atoms with van der Waals surface area (Å²) < 4.78 is 5.96. The number of para-hydroxylation sites is 1. The Morgan fingerprint density at radius 1 is 1.32 bits per heavy atom. The summed E-state index contributed by atoms with van der Waals surface area (Å²) in [6.45, 7) is 2.71. The van der Waals surface area contributed by atoms with Crippen LogP contribution in [0.5, 0.6) is 5.75 Å². The third-order valence-corrected chi connectivity index (χ3v) is 4.02. The molecule has 19 heavy (non-hydrogen) atoms. The molecule has 0 amide bonds. The van der Waals surface area contributed by atoms with Crippen LogP contribution in [-0.4, -0.2) is 37.7 Å². The Balaban J connectivity index is 1.81. The number of hydrogen-bond donors (Lipinski definition) is 1. The molecule has 1 atom stereocenters. The second-order valence-electron chi connectivity index (χ2n) is 5.41. The van der Waals surface area contributed by atoms with Crippen molar-refractivity contribution < 1.29 is 4.74 Å². The lowest BCUT2D eigenvalue weighted by Crippen LogP contribution is -2.37. The second-order valence-corrected chi connectivity index (χ2v) is 5.41. The van der Waals surface area contributed by atoms with E-state index < -0.39 is 0 Å². The Bertz CT molecular complexity index is 381. The molecule has 1 aliphatic rings. The predicted octanol–water partition coefficient (Wildman–Crippen LogP) is 2.44. The molecule has 0 aromatic heterocycles. The van der Waals surface area contributed by atoms with Gasteiger partial charge in [-0.3, -0.25) is 0 Å². The molecule has 1 aromatic carbocycles. The minimum atomic E-state index is 0.672. The number of hydrogen-bond acceptors (Lipinski definition) is 3. The van der Waals surface area contributed by atoms with Crippen LogP contribution in [0.25, 0.3) is 0 Å². The van der Waals surface area contributed by atoms with E-state index >= 15 is 0 Å². The first-order valence-corrected chi connectivity index (χ1v) is 7.42. The second kappa shape index (κ2) is 7.51. The van der Waals surface area contributed by atoms with Crippen molar-refractivity contribution in [2.45, 2.75) is 38.1 Å². The maximum Gasteiger partial charge on any atom is 0.122 e. The molecule has 0 radical (unpaired) electrons. The third kappa shape index (κ3) is 4.22. The minimum absolute atomic E-state index is 0.672. The maximum atomic E-state index is 5.96. The van der Waals surface area contributed by atoms with Crippen molar-refractivity contribution in [3.8, 4) is 5.75 Å². The zero-order valence-corrected chi connectivity index (χ0v) is 12.0. The topological polar surface area (TPSA) is 38.5 Å². The number of likely N-dealkylation sites (tertiary alicyclic amines) is 1. The van der Waals surface area contributed by atoms with E-state index in [0.29, 0.717) is 12.6 Å². The van der Waals surface area contributed by atoms with Crippen molar-refractivity contribution in [2.24, 2.45) is 5.73 Å². The van der Waals surface area contributed by atoms with Crippen LogP contribution in [0.4, 0.5) is 0 Å². The van der Waals surface area contributed by atoms with Crippen molar-refractivity contribution in [1.82, 2.24) is 4.90 Å². The fourth-order valence-corrected chi connectivity index (χ4v) is 2.82. The standard InChI is InChI=1S/C16H26N2O/c1-18-12-5-4-7-15(18)10-13-19-16-8-3-2-6-14(16)9-11-17/h2-3,6,8,15H,4-5,7,9-13,17H2,1H3. The molecule has 0 spiro atoms. The number of rotatable bonds is 6.